The highest BCUT2D eigenvalue weighted by atomic mass is 19.4. The minimum absolute atomic E-state index is 0.140. The molecular formula is C16H18F6O3. The predicted molar refractivity (Wildman–Crippen MR) is 77.1 cm³/mol. The molecule has 142 valence electrons. The molecule has 0 aliphatic rings. The zero-order valence-electron chi connectivity index (χ0n) is 13.6. The van der Waals surface area contributed by atoms with E-state index in [1.807, 2.05) is 0 Å². The number of esters is 1. The Balaban J connectivity index is 2.55. The largest absolute Gasteiger partial charge is 0.482 e. The molecule has 0 heterocycles. The van der Waals surface area contributed by atoms with Crippen molar-refractivity contribution < 1.29 is 40.6 Å². The molecular weight excluding hydrogens is 354 g/mol. The second-order valence-electron chi connectivity index (χ2n) is 5.82. The molecule has 25 heavy (non-hydrogen) atoms. The summed E-state index contributed by atoms with van der Waals surface area (Å²) in [6.45, 7) is 3.07. The van der Waals surface area contributed by atoms with Crippen LogP contribution in [0.15, 0.2) is 24.3 Å². The minimum Gasteiger partial charge on any atom is -0.482 e. The predicted octanol–water partition coefficient (Wildman–Crippen LogP) is 4.69. The molecule has 0 spiro atoms. The second-order valence-corrected chi connectivity index (χ2v) is 5.82. The van der Waals surface area contributed by atoms with Crippen molar-refractivity contribution in [1.29, 1.82) is 0 Å². The van der Waals surface area contributed by atoms with Crippen molar-refractivity contribution in [2.45, 2.75) is 45.1 Å². The Bertz CT molecular complexity index is 534. The van der Waals surface area contributed by atoms with Crippen LogP contribution in [0.3, 0.4) is 0 Å². The number of hydrogen-bond acceptors (Lipinski definition) is 3. The van der Waals surface area contributed by atoms with Crippen molar-refractivity contribution in [3.63, 3.8) is 0 Å². The topological polar surface area (TPSA) is 35.5 Å². The van der Waals surface area contributed by atoms with Crippen LogP contribution in [-0.2, 0) is 16.0 Å². The summed E-state index contributed by atoms with van der Waals surface area (Å²) in [6, 6.07) is 6.37. The van der Waals surface area contributed by atoms with E-state index in [9.17, 15) is 31.1 Å². The van der Waals surface area contributed by atoms with Crippen molar-refractivity contribution in [1.82, 2.24) is 0 Å². The molecule has 1 aromatic carbocycles. The molecule has 0 saturated heterocycles. The lowest BCUT2D eigenvalue weighted by Crippen LogP contribution is -2.46. The highest BCUT2D eigenvalue weighted by Crippen LogP contribution is 2.35. The number of carbonyl (C=O) groups is 1. The fourth-order valence-electron chi connectivity index (χ4n) is 1.83. The summed E-state index contributed by atoms with van der Waals surface area (Å²) in [5, 5.41) is 0. The Morgan fingerprint density at radius 3 is 1.96 bits per heavy atom. The number of aryl methyl sites for hydroxylation is 1. The van der Waals surface area contributed by atoms with E-state index >= 15 is 0 Å². The van der Waals surface area contributed by atoms with Gasteiger partial charge in [-0.15, -0.1) is 0 Å². The summed E-state index contributed by atoms with van der Waals surface area (Å²) in [6.07, 6.45) is -13.9. The molecule has 0 saturated carbocycles. The van der Waals surface area contributed by atoms with Crippen molar-refractivity contribution in [3.8, 4) is 5.75 Å². The van der Waals surface area contributed by atoms with Gasteiger partial charge in [0.25, 0.3) is 6.10 Å². The van der Waals surface area contributed by atoms with Crippen LogP contribution in [0, 0.1) is 5.92 Å². The second kappa shape index (κ2) is 8.44. The van der Waals surface area contributed by atoms with Crippen LogP contribution in [0.2, 0.25) is 0 Å². The van der Waals surface area contributed by atoms with Crippen LogP contribution in [-0.4, -0.2) is 31.0 Å². The lowest BCUT2D eigenvalue weighted by molar-refractivity contribution is -0.313. The van der Waals surface area contributed by atoms with Crippen LogP contribution >= 0.6 is 0 Å². The fraction of sp³-hybridized carbons (Fsp3) is 0.562. The summed E-state index contributed by atoms with van der Waals surface area (Å²) < 4.78 is 82.0. The molecule has 0 radical (unpaired) electrons. The SMILES string of the molecule is CC(C)CCc1ccc(OCC(=O)OC(C(F)(F)F)C(F)(F)F)cc1. The zero-order valence-corrected chi connectivity index (χ0v) is 13.6. The van der Waals surface area contributed by atoms with Crippen molar-refractivity contribution in [2.24, 2.45) is 5.92 Å². The van der Waals surface area contributed by atoms with E-state index in [-0.39, 0.29) is 5.75 Å². The average molecular weight is 372 g/mol. The molecule has 0 amide bonds. The Morgan fingerprint density at radius 2 is 1.52 bits per heavy atom. The summed E-state index contributed by atoms with van der Waals surface area (Å²) >= 11 is 0. The maximum absolute atomic E-state index is 12.3. The lowest BCUT2D eigenvalue weighted by Gasteiger charge is -2.22. The Morgan fingerprint density at radius 1 is 1.00 bits per heavy atom. The third-order valence-corrected chi connectivity index (χ3v) is 3.13. The molecule has 0 aliphatic carbocycles. The number of rotatable bonds is 7. The molecule has 1 aromatic rings. The van der Waals surface area contributed by atoms with Gasteiger partial charge in [0.15, 0.2) is 6.61 Å². The van der Waals surface area contributed by atoms with Gasteiger partial charge in [-0.05, 0) is 36.5 Å². The number of benzene rings is 1. The van der Waals surface area contributed by atoms with Gasteiger partial charge in [0.05, 0.1) is 0 Å². The third kappa shape index (κ3) is 7.66. The monoisotopic (exact) mass is 372 g/mol. The first kappa shape index (κ1) is 21.1. The fourth-order valence-corrected chi connectivity index (χ4v) is 1.83. The van der Waals surface area contributed by atoms with Gasteiger partial charge in [-0.1, -0.05) is 26.0 Å². The first-order valence-corrected chi connectivity index (χ1v) is 7.44. The molecule has 0 aromatic heterocycles. The van der Waals surface area contributed by atoms with E-state index in [0.29, 0.717) is 5.92 Å². The highest BCUT2D eigenvalue weighted by Gasteiger charge is 2.59. The van der Waals surface area contributed by atoms with Gasteiger partial charge in [0.2, 0.25) is 0 Å². The van der Waals surface area contributed by atoms with E-state index in [2.05, 4.69) is 18.6 Å². The van der Waals surface area contributed by atoms with Crippen LogP contribution in [0.5, 0.6) is 5.75 Å². The molecule has 1 rings (SSSR count). The number of halogens is 6. The van der Waals surface area contributed by atoms with Crippen LogP contribution < -0.4 is 4.74 Å². The van der Waals surface area contributed by atoms with E-state index in [1.165, 1.54) is 12.1 Å². The van der Waals surface area contributed by atoms with Gasteiger partial charge < -0.3 is 9.47 Å². The Kier molecular flexibility index (Phi) is 7.13. The molecule has 0 unspecified atom stereocenters. The lowest BCUT2D eigenvalue weighted by atomic mass is 10.0. The first-order chi connectivity index (χ1) is 11.4. The maximum atomic E-state index is 12.3. The van der Waals surface area contributed by atoms with E-state index in [1.54, 1.807) is 12.1 Å². The molecule has 0 N–H and O–H groups in total. The maximum Gasteiger partial charge on any atom is 0.434 e. The molecule has 0 bridgehead atoms. The number of hydrogen-bond donors (Lipinski definition) is 0. The van der Waals surface area contributed by atoms with Gasteiger partial charge in [0, 0.05) is 0 Å². The molecule has 0 atom stereocenters. The van der Waals surface area contributed by atoms with E-state index in [0.717, 1.165) is 18.4 Å². The standard InChI is InChI=1S/C16H18F6O3/c1-10(2)3-4-11-5-7-12(8-6-11)24-9-13(23)25-14(15(17,18)19)16(20,21)22/h5-8,10,14H,3-4,9H2,1-2H3. The minimum atomic E-state index is -5.74. The molecule has 3 nitrogen and oxygen atoms in total. The average Bonchev–Trinajstić information content (AvgIpc) is 2.47. The van der Waals surface area contributed by atoms with Crippen LogP contribution in [0.4, 0.5) is 26.3 Å². The summed E-state index contributed by atoms with van der Waals surface area (Å²) in [5.41, 5.74) is 0.998. The molecule has 9 heteroatoms. The van der Waals surface area contributed by atoms with E-state index < -0.39 is 31.0 Å². The van der Waals surface area contributed by atoms with Gasteiger partial charge >= 0.3 is 18.3 Å². The van der Waals surface area contributed by atoms with Gasteiger partial charge in [-0.3, -0.25) is 0 Å². The van der Waals surface area contributed by atoms with E-state index in [4.69, 9.17) is 4.74 Å². The quantitative estimate of drug-likeness (QED) is 0.515. The van der Waals surface area contributed by atoms with Crippen LogP contribution in [0.1, 0.15) is 25.8 Å². The van der Waals surface area contributed by atoms with Crippen molar-refractivity contribution >= 4 is 5.97 Å². The summed E-state index contributed by atoms with van der Waals surface area (Å²) in [4.78, 5) is 11.2. The van der Waals surface area contributed by atoms with Gasteiger partial charge in [0.1, 0.15) is 5.75 Å². The zero-order chi connectivity index (χ0) is 19.3. The molecule has 0 aliphatic heterocycles. The molecule has 0 fully saturated rings. The van der Waals surface area contributed by atoms with Crippen molar-refractivity contribution in [2.75, 3.05) is 6.61 Å². The number of carbonyl (C=O) groups excluding carboxylic acids is 1. The highest BCUT2D eigenvalue weighted by molar-refractivity contribution is 5.71. The van der Waals surface area contributed by atoms with Gasteiger partial charge in [-0.25, -0.2) is 4.79 Å². The van der Waals surface area contributed by atoms with Gasteiger partial charge in [-0.2, -0.15) is 26.3 Å². The smallest absolute Gasteiger partial charge is 0.434 e. The van der Waals surface area contributed by atoms with Crippen LogP contribution in [0.25, 0.3) is 0 Å². The Hall–Kier alpha value is -1.93. The summed E-state index contributed by atoms with van der Waals surface area (Å²) in [5.74, 6) is -1.11. The first-order valence-electron chi connectivity index (χ1n) is 7.44. The Labute approximate surface area is 140 Å². The normalized spacial score (nSPS) is 12.6. The summed E-state index contributed by atoms with van der Waals surface area (Å²) in [7, 11) is 0. The van der Waals surface area contributed by atoms with Crippen molar-refractivity contribution in [3.05, 3.63) is 29.8 Å². The third-order valence-electron chi connectivity index (χ3n) is 3.13. The number of ether oxygens (including phenoxy) is 2. The number of alkyl halides is 6.